The van der Waals surface area contributed by atoms with E-state index < -0.39 is 0 Å². The summed E-state index contributed by atoms with van der Waals surface area (Å²) in [7, 11) is 0. The molecule has 1 aromatic heterocycles. The molecule has 18 heavy (non-hydrogen) atoms. The number of aliphatic hydroxyl groups excluding tert-OH is 1. The van der Waals surface area contributed by atoms with Crippen molar-refractivity contribution in [2.45, 2.75) is 38.2 Å². The lowest BCUT2D eigenvalue weighted by atomic mass is 9.51. The molecule has 1 unspecified atom stereocenters. The summed E-state index contributed by atoms with van der Waals surface area (Å²) in [6.07, 6.45) is 6.59. The fraction of sp³-hybridized carbons (Fsp3) is 0.733. The van der Waals surface area contributed by atoms with Gasteiger partial charge in [0.15, 0.2) is 0 Å². The van der Waals surface area contributed by atoms with Crippen molar-refractivity contribution < 1.29 is 5.11 Å². The number of thiophene rings is 1. The van der Waals surface area contributed by atoms with Gasteiger partial charge in [0.1, 0.15) is 0 Å². The van der Waals surface area contributed by atoms with Crippen LogP contribution in [0.1, 0.15) is 43.1 Å². The van der Waals surface area contributed by atoms with Crippen molar-refractivity contribution in [2.24, 2.45) is 29.6 Å². The Morgan fingerprint density at radius 3 is 2.22 bits per heavy atom. The van der Waals surface area contributed by atoms with Crippen LogP contribution in [0, 0.1) is 29.6 Å². The monoisotopic (exact) mass is 282 g/mol. The molecule has 0 radical (unpaired) electrons. The number of hydrogen-bond donors (Lipinski definition) is 1. The minimum Gasteiger partial charge on any atom is -0.387 e. The quantitative estimate of drug-likeness (QED) is 0.846. The molecule has 0 saturated heterocycles. The number of halogens is 1. The molecule has 0 aliphatic heterocycles. The van der Waals surface area contributed by atoms with E-state index in [1.54, 1.807) is 11.3 Å². The van der Waals surface area contributed by atoms with E-state index in [4.69, 9.17) is 11.6 Å². The smallest absolute Gasteiger partial charge is 0.0930 e. The molecule has 4 saturated carbocycles. The zero-order valence-corrected chi connectivity index (χ0v) is 12.0. The van der Waals surface area contributed by atoms with Crippen LogP contribution in [0.2, 0.25) is 5.02 Å². The summed E-state index contributed by atoms with van der Waals surface area (Å²) >= 11 is 7.82. The van der Waals surface area contributed by atoms with Crippen LogP contribution < -0.4 is 0 Å². The summed E-state index contributed by atoms with van der Waals surface area (Å²) in [4.78, 5) is 1.01. The number of hydrogen-bond acceptors (Lipinski definition) is 2. The van der Waals surface area contributed by atoms with Gasteiger partial charge in [0.25, 0.3) is 0 Å². The highest BCUT2D eigenvalue weighted by molar-refractivity contribution is 7.10. The SMILES string of the molecule is OC(c1sccc1Cl)C1C2CC3CC(C2)CC1C3. The average molecular weight is 283 g/mol. The molecule has 1 aromatic rings. The molecule has 4 bridgehead atoms. The van der Waals surface area contributed by atoms with Crippen molar-refractivity contribution in [1.29, 1.82) is 0 Å². The van der Waals surface area contributed by atoms with Gasteiger partial charge in [-0.15, -0.1) is 11.3 Å². The van der Waals surface area contributed by atoms with Crippen molar-refractivity contribution in [3.8, 4) is 0 Å². The third-order valence-corrected chi connectivity index (χ3v) is 7.01. The lowest BCUT2D eigenvalue weighted by Gasteiger charge is -2.55. The van der Waals surface area contributed by atoms with Gasteiger partial charge in [-0.2, -0.15) is 0 Å². The molecule has 4 aliphatic carbocycles. The van der Waals surface area contributed by atoms with E-state index in [1.807, 2.05) is 11.4 Å². The van der Waals surface area contributed by atoms with Crippen LogP contribution in [-0.2, 0) is 0 Å². The maximum atomic E-state index is 10.7. The summed E-state index contributed by atoms with van der Waals surface area (Å²) in [5, 5.41) is 13.5. The molecule has 0 spiro atoms. The maximum absolute atomic E-state index is 10.7. The Morgan fingerprint density at radius 1 is 1.11 bits per heavy atom. The molecular formula is C15H19ClOS. The van der Waals surface area contributed by atoms with Crippen LogP contribution in [-0.4, -0.2) is 5.11 Å². The molecular weight excluding hydrogens is 264 g/mol. The van der Waals surface area contributed by atoms with Crippen LogP contribution in [0.4, 0.5) is 0 Å². The van der Waals surface area contributed by atoms with Gasteiger partial charge in [-0.1, -0.05) is 11.6 Å². The second kappa shape index (κ2) is 4.22. The lowest BCUT2D eigenvalue weighted by Crippen LogP contribution is -2.47. The van der Waals surface area contributed by atoms with Gasteiger partial charge in [0, 0.05) is 0 Å². The summed E-state index contributed by atoms with van der Waals surface area (Å²) in [6.45, 7) is 0. The average Bonchev–Trinajstić information content (AvgIpc) is 2.73. The van der Waals surface area contributed by atoms with Gasteiger partial charge < -0.3 is 5.11 Å². The fourth-order valence-electron chi connectivity index (χ4n) is 5.17. The zero-order chi connectivity index (χ0) is 12.3. The summed E-state index contributed by atoms with van der Waals surface area (Å²) in [5.74, 6) is 3.93. The first-order valence-corrected chi connectivity index (χ1v) is 8.39. The van der Waals surface area contributed by atoms with E-state index in [0.717, 1.165) is 33.6 Å². The Bertz CT molecular complexity index is 427. The van der Waals surface area contributed by atoms with Crippen molar-refractivity contribution in [3.63, 3.8) is 0 Å². The first-order valence-electron chi connectivity index (χ1n) is 7.13. The van der Waals surface area contributed by atoms with E-state index in [-0.39, 0.29) is 6.10 Å². The Balaban J connectivity index is 1.63. The van der Waals surface area contributed by atoms with E-state index in [9.17, 15) is 5.11 Å². The Kier molecular flexibility index (Phi) is 2.76. The fourth-order valence-corrected chi connectivity index (χ4v) is 6.39. The predicted molar refractivity (Wildman–Crippen MR) is 74.8 cm³/mol. The van der Waals surface area contributed by atoms with Crippen molar-refractivity contribution >= 4 is 22.9 Å². The second-order valence-corrected chi connectivity index (χ2v) is 7.94. The lowest BCUT2D eigenvalue weighted by molar-refractivity contribution is -0.0897. The molecule has 0 aromatic carbocycles. The minimum absolute atomic E-state index is 0.313. The summed E-state index contributed by atoms with van der Waals surface area (Å²) in [6, 6.07) is 1.92. The second-order valence-electron chi connectivity index (χ2n) is 6.59. The molecule has 4 fully saturated rings. The van der Waals surface area contributed by atoms with Crippen molar-refractivity contribution in [2.75, 3.05) is 0 Å². The first kappa shape index (κ1) is 11.7. The topological polar surface area (TPSA) is 20.2 Å². The molecule has 4 aliphatic rings. The van der Waals surface area contributed by atoms with Crippen LogP contribution in [0.3, 0.4) is 0 Å². The van der Waals surface area contributed by atoms with Crippen LogP contribution in [0.25, 0.3) is 0 Å². The third kappa shape index (κ3) is 1.69. The highest BCUT2D eigenvalue weighted by Crippen LogP contribution is 2.59. The molecule has 1 N–H and O–H groups in total. The maximum Gasteiger partial charge on any atom is 0.0930 e. The third-order valence-electron chi connectivity index (χ3n) is 5.58. The minimum atomic E-state index is -0.313. The number of rotatable bonds is 2. The molecule has 1 nitrogen and oxygen atoms in total. The Morgan fingerprint density at radius 2 is 1.72 bits per heavy atom. The number of aliphatic hydroxyl groups is 1. The Labute approximate surface area is 117 Å². The van der Waals surface area contributed by atoms with Crippen molar-refractivity contribution in [3.05, 3.63) is 21.3 Å². The van der Waals surface area contributed by atoms with Crippen molar-refractivity contribution in [1.82, 2.24) is 0 Å². The van der Waals surface area contributed by atoms with Gasteiger partial charge in [-0.25, -0.2) is 0 Å². The standard InChI is InChI=1S/C15H19ClOS/c16-12-1-2-18-15(12)14(17)13-10-4-8-3-9(6-10)7-11(13)5-8/h1-2,8-11,13-14,17H,3-7H2. The van der Waals surface area contributed by atoms with E-state index in [0.29, 0.717) is 5.92 Å². The molecule has 3 heteroatoms. The van der Waals surface area contributed by atoms with Gasteiger partial charge >= 0.3 is 0 Å². The molecule has 98 valence electrons. The van der Waals surface area contributed by atoms with E-state index >= 15 is 0 Å². The van der Waals surface area contributed by atoms with Gasteiger partial charge in [-0.05, 0) is 73.1 Å². The first-order chi connectivity index (χ1) is 8.72. The van der Waals surface area contributed by atoms with E-state index in [1.165, 1.54) is 32.1 Å². The summed E-state index contributed by atoms with van der Waals surface area (Å²) in [5.41, 5.74) is 0. The van der Waals surface area contributed by atoms with Gasteiger partial charge in [0.05, 0.1) is 16.0 Å². The highest BCUT2D eigenvalue weighted by Gasteiger charge is 2.50. The predicted octanol–water partition coefficient (Wildman–Crippen LogP) is 4.51. The van der Waals surface area contributed by atoms with Gasteiger partial charge in [-0.3, -0.25) is 0 Å². The van der Waals surface area contributed by atoms with Crippen LogP contribution in [0.15, 0.2) is 11.4 Å². The summed E-state index contributed by atoms with van der Waals surface area (Å²) < 4.78 is 0. The molecule has 1 atom stereocenters. The van der Waals surface area contributed by atoms with Gasteiger partial charge in [0.2, 0.25) is 0 Å². The molecule has 0 amide bonds. The Hall–Kier alpha value is -0.0500. The van der Waals surface area contributed by atoms with E-state index in [2.05, 4.69) is 0 Å². The van der Waals surface area contributed by atoms with Crippen LogP contribution >= 0.6 is 22.9 Å². The zero-order valence-electron chi connectivity index (χ0n) is 10.4. The van der Waals surface area contributed by atoms with Crippen LogP contribution in [0.5, 0.6) is 0 Å². The normalized spacial score (nSPS) is 43.3. The highest BCUT2D eigenvalue weighted by atomic mass is 35.5. The molecule has 5 rings (SSSR count). The molecule has 1 heterocycles. The largest absolute Gasteiger partial charge is 0.387 e.